The molecule has 2 unspecified atom stereocenters. The molecule has 0 bridgehead atoms. The van der Waals surface area contributed by atoms with E-state index in [2.05, 4.69) is 32.6 Å². The lowest BCUT2D eigenvalue weighted by molar-refractivity contribution is -0.286. The molecule has 228 valence electrons. The van der Waals surface area contributed by atoms with Crippen molar-refractivity contribution in [3.8, 4) is 5.75 Å². The van der Waals surface area contributed by atoms with Crippen molar-refractivity contribution >= 4 is 29.7 Å². The van der Waals surface area contributed by atoms with Crippen LogP contribution in [0.1, 0.15) is 58.9 Å². The first-order valence-corrected chi connectivity index (χ1v) is 14.8. The highest BCUT2D eigenvalue weighted by Crippen LogP contribution is 2.16. The zero-order valence-electron chi connectivity index (χ0n) is 24.1. The first-order valence-electron chi connectivity index (χ1n) is 13.4. The van der Waals surface area contributed by atoms with Crippen molar-refractivity contribution in [3.05, 3.63) is 29.8 Å². The molecule has 1 rings (SSSR count). The SMILES string of the molecule is CCCCCNC(=O)C(Cc1ccc(OC(COO)COO)cc1)NC(=O)C(CCSC)NC(=O)OC(C)(C)C. The van der Waals surface area contributed by atoms with E-state index in [0.717, 1.165) is 24.8 Å². The van der Waals surface area contributed by atoms with E-state index in [1.54, 1.807) is 45.0 Å². The van der Waals surface area contributed by atoms with Crippen LogP contribution in [0.5, 0.6) is 5.75 Å². The third-order valence-electron chi connectivity index (χ3n) is 5.52. The predicted octanol–water partition coefficient (Wildman–Crippen LogP) is 3.39. The molecule has 2 atom stereocenters. The van der Waals surface area contributed by atoms with E-state index in [0.29, 0.717) is 24.5 Å². The number of hydrogen-bond donors (Lipinski definition) is 5. The van der Waals surface area contributed by atoms with Gasteiger partial charge in [-0.15, -0.1) is 0 Å². The number of hydrogen-bond acceptors (Lipinski definition) is 10. The quantitative estimate of drug-likeness (QED) is 0.0920. The number of ether oxygens (including phenoxy) is 2. The normalized spacial score (nSPS) is 12.9. The van der Waals surface area contributed by atoms with Crippen LogP contribution in [0.3, 0.4) is 0 Å². The molecule has 13 heteroatoms. The van der Waals surface area contributed by atoms with Gasteiger partial charge in [0.1, 0.15) is 36.6 Å². The Bertz CT molecular complexity index is 875. The lowest BCUT2D eigenvalue weighted by atomic mass is 10.0. The summed E-state index contributed by atoms with van der Waals surface area (Å²) in [4.78, 5) is 46.9. The van der Waals surface area contributed by atoms with Crippen molar-refractivity contribution in [2.24, 2.45) is 0 Å². The van der Waals surface area contributed by atoms with Crippen molar-refractivity contribution in [1.82, 2.24) is 16.0 Å². The number of unbranched alkanes of at least 4 members (excludes halogenated alkanes) is 2. The Morgan fingerprint density at radius 1 is 0.950 bits per heavy atom. The fourth-order valence-corrected chi connectivity index (χ4v) is 4.03. The van der Waals surface area contributed by atoms with Crippen LogP contribution >= 0.6 is 11.8 Å². The first-order chi connectivity index (χ1) is 19.0. The molecule has 0 heterocycles. The molecular weight excluding hydrogens is 542 g/mol. The monoisotopic (exact) mass is 587 g/mol. The molecule has 0 aliphatic heterocycles. The highest BCUT2D eigenvalue weighted by molar-refractivity contribution is 7.98. The molecule has 0 aromatic heterocycles. The van der Waals surface area contributed by atoms with E-state index in [9.17, 15) is 14.4 Å². The summed E-state index contributed by atoms with van der Waals surface area (Å²) < 4.78 is 10.9. The summed E-state index contributed by atoms with van der Waals surface area (Å²) in [5.74, 6) is 0.230. The van der Waals surface area contributed by atoms with Gasteiger partial charge in [-0.05, 0) is 63.3 Å². The molecule has 0 aliphatic rings. The largest absolute Gasteiger partial charge is 0.485 e. The van der Waals surface area contributed by atoms with E-state index in [4.69, 9.17) is 20.0 Å². The number of carbonyl (C=O) groups is 3. The zero-order chi connectivity index (χ0) is 30.0. The number of alkyl carbamates (subject to hydrolysis) is 1. The first kappa shape index (κ1) is 35.4. The summed E-state index contributed by atoms with van der Waals surface area (Å²) in [6, 6.07) is 5.00. The number of benzene rings is 1. The summed E-state index contributed by atoms with van der Waals surface area (Å²) in [6.07, 6.45) is 3.79. The van der Waals surface area contributed by atoms with Gasteiger partial charge < -0.3 is 25.4 Å². The van der Waals surface area contributed by atoms with Gasteiger partial charge in [0.2, 0.25) is 11.8 Å². The second kappa shape index (κ2) is 19.5. The van der Waals surface area contributed by atoms with E-state index < -0.39 is 35.8 Å². The van der Waals surface area contributed by atoms with Gasteiger partial charge in [-0.2, -0.15) is 11.8 Å². The van der Waals surface area contributed by atoms with Crippen LogP contribution in [0.2, 0.25) is 0 Å². The maximum Gasteiger partial charge on any atom is 0.408 e. The predicted molar refractivity (Wildman–Crippen MR) is 152 cm³/mol. The van der Waals surface area contributed by atoms with Gasteiger partial charge >= 0.3 is 6.09 Å². The average molecular weight is 588 g/mol. The molecule has 0 spiro atoms. The zero-order valence-corrected chi connectivity index (χ0v) is 24.9. The van der Waals surface area contributed by atoms with Gasteiger partial charge in [-0.25, -0.2) is 14.6 Å². The minimum absolute atomic E-state index is 0.191. The number of thioether (sulfide) groups is 1. The molecule has 40 heavy (non-hydrogen) atoms. The third kappa shape index (κ3) is 15.3. The minimum atomic E-state index is -0.892. The Morgan fingerprint density at radius 2 is 1.60 bits per heavy atom. The van der Waals surface area contributed by atoms with Gasteiger partial charge in [-0.3, -0.25) is 20.1 Å². The standard InChI is InChI=1S/C27H45N3O9S/c1-6-7-8-14-28-24(31)23(16-19-9-11-20(12-10-19)38-21(17-36-34)18-37-35)29-25(32)22(13-15-40-5)30-26(33)39-27(2,3)4/h9-12,21-23,34-35H,6-8,13-18H2,1-5H3,(H,28,31)(H,29,32)(H,30,33). The summed E-state index contributed by atoms with van der Waals surface area (Å²) in [5, 5.41) is 25.7. The highest BCUT2D eigenvalue weighted by atomic mass is 32.2. The molecule has 3 amide bonds. The lowest BCUT2D eigenvalue weighted by Crippen LogP contribution is -2.55. The van der Waals surface area contributed by atoms with Crippen molar-refractivity contribution < 1.29 is 44.1 Å². The van der Waals surface area contributed by atoms with Crippen molar-refractivity contribution in [1.29, 1.82) is 0 Å². The molecule has 0 aliphatic carbocycles. The summed E-state index contributed by atoms with van der Waals surface area (Å²) >= 11 is 1.54. The molecule has 0 fully saturated rings. The Morgan fingerprint density at radius 3 is 2.15 bits per heavy atom. The number of nitrogens with one attached hydrogen (secondary N) is 3. The van der Waals surface area contributed by atoms with Gasteiger partial charge in [-0.1, -0.05) is 31.9 Å². The van der Waals surface area contributed by atoms with Gasteiger partial charge in [0.15, 0.2) is 6.10 Å². The fourth-order valence-electron chi connectivity index (χ4n) is 3.56. The fraction of sp³-hybridized carbons (Fsp3) is 0.667. The van der Waals surface area contributed by atoms with Crippen LogP contribution < -0.4 is 20.7 Å². The Balaban J connectivity index is 3.02. The highest BCUT2D eigenvalue weighted by Gasteiger charge is 2.28. The minimum Gasteiger partial charge on any atom is -0.485 e. The third-order valence-corrected chi connectivity index (χ3v) is 6.16. The molecule has 12 nitrogen and oxygen atoms in total. The number of rotatable bonds is 19. The van der Waals surface area contributed by atoms with Gasteiger partial charge in [0.05, 0.1) is 0 Å². The van der Waals surface area contributed by atoms with Crippen LogP contribution in [-0.2, 0) is 30.5 Å². The second-order valence-corrected chi connectivity index (χ2v) is 11.2. The maximum absolute atomic E-state index is 13.3. The second-order valence-electron chi connectivity index (χ2n) is 10.2. The van der Waals surface area contributed by atoms with E-state index in [1.165, 1.54) is 11.8 Å². The van der Waals surface area contributed by atoms with Gasteiger partial charge in [0, 0.05) is 13.0 Å². The summed E-state index contributed by atoms with van der Waals surface area (Å²) in [5.41, 5.74) is 0.0213. The van der Waals surface area contributed by atoms with Crippen molar-refractivity contribution in [2.45, 2.75) is 83.6 Å². The Labute approximate surface area is 240 Å². The molecule has 0 saturated carbocycles. The Hall–Kier alpha value is -2.58. The van der Waals surface area contributed by atoms with Crippen LogP contribution in [0.15, 0.2) is 24.3 Å². The molecule has 1 aromatic carbocycles. The maximum atomic E-state index is 13.3. The Kier molecular flexibility index (Phi) is 17.3. The van der Waals surface area contributed by atoms with Crippen LogP contribution in [0.25, 0.3) is 0 Å². The molecule has 5 N–H and O–H groups in total. The number of carbonyl (C=O) groups excluding carboxylic acids is 3. The number of amides is 3. The van der Waals surface area contributed by atoms with E-state index in [1.807, 2.05) is 6.26 Å². The summed E-state index contributed by atoms with van der Waals surface area (Å²) in [7, 11) is 0. The average Bonchev–Trinajstić information content (AvgIpc) is 2.88. The summed E-state index contributed by atoms with van der Waals surface area (Å²) in [6.45, 7) is 7.33. The van der Waals surface area contributed by atoms with Crippen LogP contribution in [0, 0.1) is 0 Å². The lowest BCUT2D eigenvalue weighted by Gasteiger charge is -2.25. The van der Waals surface area contributed by atoms with Crippen molar-refractivity contribution in [2.75, 3.05) is 31.8 Å². The van der Waals surface area contributed by atoms with Crippen LogP contribution in [0.4, 0.5) is 4.79 Å². The molecule has 0 saturated heterocycles. The molecule has 1 aromatic rings. The molecule has 0 radical (unpaired) electrons. The molecular formula is C27H45N3O9S. The van der Waals surface area contributed by atoms with E-state index in [-0.39, 0.29) is 25.5 Å². The van der Waals surface area contributed by atoms with Crippen molar-refractivity contribution in [3.63, 3.8) is 0 Å². The van der Waals surface area contributed by atoms with Gasteiger partial charge in [0.25, 0.3) is 0 Å². The topological polar surface area (TPSA) is 165 Å². The van der Waals surface area contributed by atoms with Crippen LogP contribution in [-0.4, -0.2) is 84.0 Å². The van der Waals surface area contributed by atoms with E-state index >= 15 is 0 Å². The smallest absolute Gasteiger partial charge is 0.408 e.